The van der Waals surface area contributed by atoms with Gasteiger partial charge in [0.2, 0.25) is 0 Å². The number of ketones is 1. The fraction of sp³-hybridized carbons (Fsp3) is 0.200. The average Bonchev–Trinajstić information content (AvgIpc) is 2.84. The summed E-state index contributed by atoms with van der Waals surface area (Å²) in [6.07, 6.45) is 3.38. The summed E-state index contributed by atoms with van der Waals surface area (Å²) in [5.74, 6) is 0.0247. The molecule has 0 aromatic carbocycles. The summed E-state index contributed by atoms with van der Waals surface area (Å²) in [5.41, 5.74) is 1.35. The summed E-state index contributed by atoms with van der Waals surface area (Å²) in [6.45, 7) is 2.77. The predicted octanol–water partition coefficient (Wildman–Crippen LogP) is 2.96. The second-order valence-electron chi connectivity index (χ2n) is 3.05. The van der Waals surface area contributed by atoms with E-state index in [1.807, 2.05) is 18.4 Å². The number of nitrogens with zero attached hydrogens (tertiary/aromatic N) is 2. The van der Waals surface area contributed by atoms with Crippen molar-refractivity contribution in [3.8, 4) is 0 Å². The Hall–Kier alpha value is -0.940. The van der Waals surface area contributed by atoms with E-state index in [9.17, 15) is 4.79 Å². The van der Waals surface area contributed by atoms with Crippen molar-refractivity contribution >= 4 is 33.0 Å². The minimum Gasteiger partial charge on any atom is -0.288 e. The standard InChI is InChI=1S/C10H9BrN2OS/c1-2-13-5-8(4-12-13)10(14)7-3-9(11)15-6-7/h3-6H,2H2,1H3. The normalized spacial score (nSPS) is 10.5. The predicted molar refractivity (Wildman–Crippen MR) is 63.4 cm³/mol. The number of carbonyl (C=O) groups is 1. The third-order valence-electron chi connectivity index (χ3n) is 2.05. The van der Waals surface area contributed by atoms with Gasteiger partial charge in [0.15, 0.2) is 5.78 Å². The molecule has 0 spiro atoms. The summed E-state index contributed by atoms with van der Waals surface area (Å²) in [6, 6.07) is 1.83. The lowest BCUT2D eigenvalue weighted by Gasteiger charge is -1.92. The maximum absolute atomic E-state index is 11.9. The van der Waals surface area contributed by atoms with Crippen LogP contribution in [0.25, 0.3) is 0 Å². The molecule has 15 heavy (non-hydrogen) atoms. The summed E-state index contributed by atoms with van der Waals surface area (Å²) in [4.78, 5) is 11.9. The Morgan fingerprint density at radius 2 is 2.40 bits per heavy atom. The molecule has 0 unspecified atom stereocenters. The lowest BCUT2D eigenvalue weighted by molar-refractivity contribution is 0.103. The van der Waals surface area contributed by atoms with Crippen LogP contribution >= 0.6 is 27.3 Å². The zero-order chi connectivity index (χ0) is 10.8. The molecule has 0 saturated carbocycles. The molecule has 2 rings (SSSR count). The molecule has 0 saturated heterocycles. The quantitative estimate of drug-likeness (QED) is 0.813. The maximum atomic E-state index is 11.9. The Morgan fingerprint density at radius 1 is 1.60 bits per heavy atom. The van der Waals surface area contributed by atoms with Gasteiger partial charge in [0.05, 0.1) is 15.5 Å². The van der Waals surface area contributed by atoms with Crippen molar-refractivity contribution < 1.29 is 4.79 Å². The van der Waals surface area contributed by atoms with Gasteiger partial charge >= 0.3 is 0 Å². The topological polar surface area (TPSA) is 34.9 Å². The summed E-state index contributed by atoms with van der Waals surface area (Å²) < 4.78 is 2.71. The first kappa shape index (κ1) is 10.6. The van der Waals surface area contributed by atoms with Gasteiger partial charge in [-0.05, 0) is 28.9 Å². The Kier molecular flexibility index (Phi) is 3.02. The van der Waals surface area contributed by atoms with Crippen LogP contribution in [0.4, 0.5) is 0 Å². The minimum absolute atomic E-state index is 0.0247. The first-order valence-corrected chi connectivity index (χ1v) is 6.19. The first-order chi connectivity index (χ1) is 7.20. The third kappa shape index (κ3) is 2.18. The van der Waals surface area contributed by atoms with Crippen LogP contribution in [-0.2, 0) is 6.54 Å². The molecule has 3 nitrogen and oxygen atoms in total. The second kappa shape index (κ2) is 4.28. The molecule has 78 valence electrons. The van der Waals surface area contributed by atoms with Gasteiger partial charge in [-0.1, -0.05) is 0 Å². The molecule has 0 N–H and O–H groups in total. The molecule has 0 bridgehead atoms. The molecule has 0 atom stereocenters. The highest BCUT2D eigenvalue weighted by Gasteiger charge is 2.12. The molecule has 0 radical (unpaired) electrons. The van der Waals surface area contributed by atoms with E-state index in [-0.39, 0.29) is 5.78 Å². The molecule has 2 aromatic heterocycles. The van der Waals surface area contributed by atoms with Crippen LogP contribution in [0, 0.1) is 0 Å². The van der Waals surface area contributed by atoms with E-state index < -0.39 is 0 Å². The molecule has 0 amide bonds. The van der Waals surface area contributed by atoms with Gasteiger partial charge in [0.1, 0.15) is 0 Å². The minimum atomic E-state index is 0.0247. The molecular formula is C10H9BrN2OS. The second-order valence-corrected chi connectivity index (χ2v) is 5.34. The molecular weight excluding hydrogens is 276 g/mol. The van der Waals surface area contributed by atoms with Crippen molar-refractivity contribution in [1.82, 2.24) is 9.78 Å². The van der Waals surface area contributed by atoms with Gasteiger partial charge in [0, 0.05) is 23.7 Å². The van der Waals surface area contributed by atoms with Crippen LogP contribution in [0.5, 0.6) is 0 Å². The number of halogens is 1. The number of hydrogen-bond donors (Lipinski definition) is 0. The van der Waals surface area contributed by atoms with E-state index in [2.05, 4.69) is 21.0 Å². The number of aromatic nitrogens is 2. The molecule has 2 heterocycles. The van der Waals surface area contributed by atoms with E-state index in [0.29, 0.717) is 11.1 Å². The highest BCUT2D eigenvalue weighted by molar-refractivity contribution is 9.11. The van der Waals surface area contributed by atoms with Crippen molar-refractivity contribution in [3.63, 3.8) is 0 Å². The molecule has 5 heteroatoms. The van der Waals surface area contributed by atoms with Crippen LogP contribution in [0.1, 0.15) is 22.8 Å². The number of hydrogen-bond acceptors (Lipinski definition) is 3. The maximum Gasteiger partial charge on any atom is 0.197 e. The number of carbonyl (C=O) groups excluding carboxylic acids is 1. The van der Waals surface area contributed by atoms with Crippen LogP contribution in [0.2, 0.25) is 0 Å². The zero-order valence-corrected chi connectivity index (χ0v) is 10.5. The van der Waals surface area contributed by atoms with E-state index in [4.69, 9.17) is 0 Å². The molecule has 2 aromatic rings. The van der Waals surface area contributed by atoms with E-state index in [0.717, 1.165) is 10.3 Å². The SMILES string of the molecule is CCn1cc(C(=O)c2csc(Br)c2)cn1. The van der Waals surface area contributed by atoms with Gasteiger partial charge in [-0.15, -0.1) is 11.3 Å². The Morgan fingerprint density at radius 3 is 2.93 bits per heavy atom. The summed E-state index contributed by atoms with van der Waals surface area (Å²) in [7, 11) is 0. The highest BCUT2D eigenvalue weighted by Crippen LogP contribution is 2.22. The van der Waals surface area contributed by atoms with Crippen LogP contribution < -0.4 is 0 Å². The fourth-order valence-electron chi connectivity index (χ4n) is 1.25. The Labute approximate surface area is 99.9 Å². The van der Waals surface area contributed by atoms with Gasteiger partial charge in [0.25, 0.3) is 0 Å². The number of thiophene rings is 1. The third-order valence-corrected chi connectivity index (χ3v) is 3.55. The first-order valence-electron chi connectivity index (χ1n) is 4.52. The molecule has 0 aliphatic rings. The smallest absolute Gasteiger partial charge is 0.197 e. The molecule has 0 fully saturated rings. The zero-order valence-electron chi connectivity index (χ0n) is 8.11. The van der Waals surface area contributed by atoms with Crippen LogP contribution in [0.3, 0.4) is 0 Å². The van der Waals surface area contributed by atoms with Crippen LogP contribution in [-0.4, -0.2) is 15.6 Å². The summed E-state index contributed by atoms with van der Waals surface area (Å²) in [5, 5.41) is 5.92. The van der Waals surface area contributed by atoms with Crippen molar-refractivity contribution in [2.75, 3.05) is 0 Å². The van der Waals surface area contributed by atoms with Gasteiger partial charge in [-0.2, -0.15) is 5.10 Å². The van der Waals surface area contributed by atoms with Crippen molar-refractivity contribution in [2.24, 2.45) is 0 Å². The van der Waals surface area contributed by atoms with Gasteiger partial charge in [-0.25, -0.2) is 0 Å². The largest absolute Gasteiger partial charge is 0.288 e. The molecule has 0 aliphatic carbocycles. The molecule has 0 aliphatic heterocycles. The van der Waals surface area contributed by atoms with Gasteiger partial charge < -0.3 is 0 Å². The van der Waals surface area contributed by atoms with Gasteiger partial charge in [-0.3, -0.25) is 9.48 Å². The van der Waals surface area contributed by atoms with Crippen molar-refractivity contribution in [2.45, 2.75) is 13.5 Å². The van der Waals surface area contributed by atoms with Crippen LogP contribution in [0.15, 0.2) is 27.6 Å². The van der Waals surface area contributed by atoms with E-state index in [1.54, 1.807) is 17.1 Å². The lowest BCUT2D eigenvalue weighted by Crippen LogP contribution is -1.98. The monoisotopic (exact) mass is 284 g/mol. The van der Waals surface area contributed by atoms with E-state index >= 15 is 0 Å². The number of rotatable bonds is 3. The van der Waals surface area contributed by atoms with Crippen molar-refractivity contribution in [1.29, 1.82) is 0 Å². The Balaban J connectivity index is 2.28. The van der Waals surface area contributed by atoms with E-state index in [1.165, 1.54) is 11.3 Å². The van der Waals surface area contributed by atoms with Crippen molar-refractivity contribution in [3.05, 3.63) is 38.8 Å². The number of aryl methyl sites for hydroxylation is 1. The average molecular weight is 285 g/mol. The fourth-order valence-corrected chi connectivity index (χ4v) is 2.39. The highest BCUT2D eigenvalue weighted by atomic mass is 79.9. The Bertz CT molecular complexity index is 489. The lowest BCUT2D eigenvalue weighted by atomic mass is 10.1. The summed E-state index contributed by atoms with van der Waals surface area (Å²) >= 11 is 4.85.